The minimum atomic E-state index is 0.170. The van der Waals surface area contributed by atoms with Crippen molar-refractivity contribution < 1.29 is 4.79 Å². The van der Waals surface area contributed by atoms with Crippen LogP contribution in [0.2, 0.25) is 0 Å². The van der Waals surface area contributed by atoms with Crippen molar-refractivity contribution in [2.75, 3.05) is 13.1 Å². The molecular weight excluding hydrogens is 210 g/mol. The van der Waals surface area contributed by atoms with Crippen molar-refractivity contribution in [1.29, 1.82) is 0 Å². The Kier molecular flexibility index (Phi) is 2.55. The molecule has 3 unspecified atom stereocenters. The Balaban J connectivity index is 1.99. The highest BCUT2D eigenvalue weighted by Gasteiger charge is 2.48. The molecule has 2 fully saturated rings. The lowest BCUT2D eigenvalue weighted by Crippen LogP contribution is -2.44. The summed E-state index contributed by atoms with van der Waals surface area (Å²) in [7, 11) is 0. The second-order valence-electron chi connectivity index (χ2n) is 5.62. The molecule has 17 heavy (non-hydrogen) atoms. The average molecular weight is 229 g/mol. The highest BCUT2D eigenvalue weighted by Crippen LogP contribution is 2.46. The van der Waals surface area contributed by atoms with E-state index in [9.17, 15) is 4.79 Å². The first-order valence-electron chi connectivity index (χ1n) is 6.51. The van der Waals surface area contributed by atoms with E-state index < -0.39 is 0 Å². The molecule has 1 aromatic rings. The van der Waals surface area contributed by atoms with Crippen molar-refractivity contribution in [1.82, 2.24) is 5.32 Å². The van der Waals surface area contributed by atoms with Crippen molar-refractivity contribution in [2.24, 2.45) is 11.8 Å². The van der Waals surface area contributed by atoms with Gasteiger partial charge in [-0.2, -0.15) is 0 Å². The second kappa shape index (κ2) is 3.95. The summed E-state index contributed by atoms with van der Waals surface area (Å²) in [5.74, 6) is 1.19. The maximum absolute atomic E-state index is 12.0. The van der Waals surface area contributed by atoms with Crippen LogP contribution < -0.4 is 5.32 Å². The van der Waals surface area contributed by atoms with Crippen LogP contribution in [0.4, 0.5) is 0 Å². The van der Waals surface area contributed by atoms with Crippen LogP contribution in [0.5, 0.6) is 0 Å². The standard InChI is InChI=1S/C15H19NO/c1-15(11-5-3-2-4-6-11)8-7-14(17)12-9-16-10-13(12)15/h2-6,12-13,16H,7-10H2,1H3. The maximum atomic E-state index is 12.0. The Hall–Kier alpha value is -1.15. The van der Waals surface area contributed by atoms with Crippen molar-refractivity contribution >= 4 is 5.78 Å². The first-order valence-corrected chi connectivity index (χ1v) is 6.51. The number of rotatable bonds is 1. The fourth-order valence-corrected chi connectivity index (χ4v) is 3.62. The molecule has 1 aliphatic carbocycles. The van der Waals surface area contributed by atoms with E-state index in [1.54, 1.807) is 0 Å². The average Bonchev–Trinajstić information content (AvgIpc) is 2.86. The van der Waals surface area contributed by atoms with Crippen LogP contribution in [0.3, 0.4) is 0 Å². The van der Waals surface area contributed by atoms with Gasteiger partial charge in [0.2, 0.25) is 0 Å². The lowest BCUT2D eigenvalue weighted by molar-refractivity contribution is -0.127. The maximum Gasteiger partial charge on any atom is 0.137 e. The molecule has 2 aliphatic rings. The van der Waals surface area contributed by atoms with Gasteiger partial charge in [-0.25, -0.2) is 0 Å². The number of hydrogen-bond donors (Lipinski definition) is 1. The Bertz CT molecular complexity index is 428. The molecule has 0 amide bonds. The highest BCUT2D eigenvalue weighted by atomic mass is 16.1. The summed E-state index contributed by atoms with van der Waals surface area (Å²) in [5.41, 5.74) is 1.56. The van der Waals surface area contributed by atoms with Crippen molar-refractivity contribution in [3.8, 4) is 0 Å². The number of fused-ring (bicyclic) bond motifs is 1. The molecule has 2 heteroatoms. The van der Waals surface area contributed by atoms with E-state index in [2.05, 4.69) is 42.6 Å². The molecule has 1 heterocycles. The molecule has 0 spiro atoms. The minimum Gasteiger partial charge on any atom is -0.316 e. The zero-order valence-electron chi connectivity index (χ0n) is 10.3. The van der Waals surface area contributed by atoms with E-state index in [1.165, 1.54) is 5.56 Å². The van der Waals surface area contributed by atoms with Gasteiger partial charge in [-0.3, -0.25) is 4.79 Å². The smallest absolute Gasteiger partial charge is 0.137 e. The van der Waals surface area contributed by atoms with Crippen LogP contribution in [0, 0.1) is 11.8 Å². The number of Topliss-reactive ketones (excluding diaryl/α,β-unsaturated/α-hetero) is 1. The fourth-order valence-electron chi connectivity index (χ4n) is 3.62. The van der Waals surface area contributed by atoms with Crippen molar-refractivity contribution in [3.63, 3.8) is 0 Å². The van der Waals surface area contributed by atoms with Gasteiger partial charge in [0.15, 0.2) is 0 Å². The number of nitrogens with one attached hydrogen (secondary N) is 1. The van der Waals surface area contributed by atoms with E-state index in [0.29, 0.717) is 11.7 Å². The molecule has 0 bridgehead atoms. The predicted molar refractivity (Wildman–Crippen MR) is 67.9 cm³/mol. The van der Waals surface area contributed by atoms with Crippen LogP contribution >= 0.6 is 0 Å². The number of hydrogen-bond acceptors (Lipinski definition) is 2. The predicted octanol–water partition coefficient (Wildman–Crippen LogP) is 2.14. The zero-order valence-corrected chi connectivity index (χ0v) is 10.3. The summed E-state index contributed by atoms with van der Waals surface area (Å²) in [6.07, 6.45) is 1.74. The van der Waals surface area contributed by atoms with Gasteiger partial charge in [0.05, 0.1) is 0 Å². The normalized spacial score (nSPS) is 36.9. The molecule has 3 rings (SSSR count). The largest absolute Gasteiger partial charge is 0.316 e. The lowest BCUT2D eigenvalue weighted by Gasteiger charge is -2.42. The Morgan fingerprint density at radius 2 is 2.00 bits per heavy atom. The summed E-state index contributed by atoms with van der Waals surface area (Å²) in [5, 5.41) is 3.40. The Morgan fingerprint density at radius 3 is 2.76 bits per heavy atom. The molecule has 1 aliphatic heterocycles. The summed E-state index contributed by atoms with van der Waals surface area (Å²) >= 11 is 0. The van der Waals surface area contributed by atoms with E-state index >= 15 is 0 Å². The Morgan fingerprint density at radius 1 is 1.24 bits per heavy atom. The Labute approximate surface area is 102 Å². The van der Waals surface area contributed by atoms with E-state index in [4.69, 9.17) is 0 Å². The molecule has 1 saturated heterocycles. The van der Waals surface area contributed by atoms with E-state index in [1.807, 2.05) is 0 Å². The first kappa shape index (κ1) is 11.0. The lowest BCUT2D eigenvalue weighted by atomic mass is 9.60. The van der Waals surface area contributed by atoms with Gasteiger partial charge in [-0.1, -0.05) is 37.3 Å². The quantitative estimate of drug-likeness (QED) is 0.799. The highest BCUT2D eigenvalue weighted by molar-refractivity contribution is 5.83. The number of ketones is 1. The van der Waals surface area contributed by atoms with Gasteiger partial charge in [-0.05, 0) is 29.9 Å². The monoisotopic (exact) mass is 229 g/mol. The van der Waals surface area contributed by atoms with Gasteiger partial charge in [0.1, 0.15) is 5.78 Å². The molecule has 0 aromatic heterocycles. The van der Waals surface area contributed by atoms with Gasteiger partial charge in [0, 0.05) is 18.9 Å². The number of benzene rings is 1. The SMILES string of the molecule is CC1(c2ccccc2)CCC(=O)C2CNCC21. The summed E-state index contributed by atoms with van der Waals surface area (Å²) in [4.78, 5) is 12.0. The molecule has 0 radical (unpaired) electrons. The van der Waals surface area contributed by atoms with Crippen LogP contribution in [-0.4, -0.2) is 18.9 Å². The topological polar surface area (TPSA) is 29.1 Å². The van der Waals surface area contributed by atoms with Crippen molar-refractivity contribution in [2.45, 2.75) is 25.2 Å². The van der Waals surface area contributed by atoms with Crippen LogP contribution in [0.1, 0.15) is 25.3 Å². The third-order valence-electron chi connectivity index (χ3n) is 4.77. The molecule has 1 N–H and O–H groups in total. The van der Waals surface area contributed by atoms with E-state index in [0.717, 1.165) is 25.9 Å². The zero-order chi connectivity index (χ0) is 11.9. The summed E-state index contributed by atoms with van der Waals surface area (Å²) in [6, 6.07) is 10.7. The third kappa shape index (κ3) is 1.62. The van der Waals surface area contributed by atoms with Crippen molar-refractivity contribution in [3.05, 3.63) is 35.9 Å². The van der Waals surface area contributed by atoms with Gasteiger partial charge in [0.25, 0.3) is 0 Å². The fraction of sp³-hybridized carbons (Fsp3) is 0.533. The van der Waals surface area contributed by atoms with Gasteiger partial charge < -0.3 is 5.32 Å². The summed E-state index contributed by atoms with van der Waals surface area (Å²) < 4.78 is 0. The third-order valence-corrected chi connectivity index (χ3v) is 4.77. The number of carbonyl (C=O) groups excluding carboxylic acids is 1. The molecule has 90 valence electrons. The van der Waals surface area contributed by atoms with Gasteiger partial charge in [-0.15, -0.1) is 0 Å². The molecular formula is C15H19NO. The van der Waals surface area contributed by atoms with Crippen LogP contribution in [0.25, 0.3) is 0 Å². The second-order valence-corrected chi connectivity index (χ2v) is 5.62. The van der Waals surface area contributed by atoms with Crippen LogP contribution in [-0.2, 0) is 10.2 Å². The minimum absolute atomic E-state index is 0.170. The molecule has 3 atom stereocenters. The molecule has 2 nitrogen and oxygen atoms in total. The van der Waals surface area contributed by atoms with Gasteiger partial charge >= 0.3 is 0 Å². The summed E-state index contributed by atoms with van der Waals surface area (Å²) in [6.45, 7) is 4.20. The number of carbonyl (C=O) groups is 1. The molecule has 1 aromatic carbocycles. The van der Waals surface area contributed by atoms with E-state index in [-0.39, 0.29) is 11.3 Å². The molecule has 1 saturated carbocycles. The van der Waals surface area contributed by atoms with Crippen LogP contribution in [0.15, 0.2) is 30.3 Å². The first-order chi connectivity index (χ1) is 8.22.